The van der Waals surface area contributed by atoms with Gasteiger partial charge in [0.05, 0.1) is 0 Å². The van der Waals surface area contributed by atoms with E-state index in [1.54, 1.807) is 13.8 Å². The van der Waals surface area contributed by atoms with Crippen LogP contribution >= 0.6 is 0 Å². The molecule has 0 aromatic rings. The molecule has 12 heavy (non-hydrogen) atoms. The smallest absolute Gasteiger partial charge is 0.429 e. The fourth-order valence-electron chi connectivity index (χ4n) is 0.976. The maximum absolute atomic E-state index is 11.4. The Labute approximate surface area is 70.8 Å². The average Bonchev–Trinajstić information content (AvgIpc) is 1.97. The lowest BCUT2D eigenvalue weighted by Gasteiger charge is -2.39. The zero-order valence-electron chi connectivity index (χ0n) is 7.62. The van der Waals surface area contributed by atoms with E-state index < -0.39 is 11.7 Å². The number of rotatable bonds is 0. The number of hydrazine groups is 1. The Morgan fingerprint density at radius 2 is 1.67 bits per heavy atom. The van der Waals surface area contributed by atoms with Crippen LogP contribution in [0.5, 0.6) is 0 Å². The molecule has 0 aromatic heterocycles. The summed E-state index contributed by atoms with van der Waals surface area (Å²) in [6.45, 7) is 3.13. The summed E-state index contributed by atoms with van der Waals surface area (Å²) in [5.74, 6) is -0.232. The van der Waals surface area contributed by atoms with E-state index in [1.165, 1.54) is 19.1 Å². The Bertz CT molecular complexity index is 237. The van der Waals surface area contributed by atoms with Gasteiger partial charge < -0.3 is 4.74 Å². The van der Waals surface area contributed by atoms with E-state index in [1.807, 2.05) is 0 Å². The molecule has 0 unspecified atom stereocenters. The van der Waals surface area contributed by atoms with Gasteiger partial charge in [-0.15, -0.1) is 0 Å². The van der Waals surface area contributed by atoms with E-state index in [4.69, 9.17) is 4.74 Å². The molecule has 1 aliphatic rings. The molecule has 0 atom stereocenters. The van der Waals surface area contributed by atoms with Crippen LogP contribution in [0.3, 0.4) is 0 Å². The minimum Gasteiger partial charge on any atom is -0.432 e. The van der Waals surface area contributed by atoms with Crippen LogP contribution in [0.25, 0.3) is 0 Å². The highest BCUT2D eigenvalue weighted by Gasteiger charge is 2.42. The number of hydrogen-bond donors (Lipinski definition) is 0. The number of amides is 2. The van der Waals surface area contributed by atoms with Gasteiger partial charge in [0.1, 0.15) is 0 Å². The van der Waals surface area contributed by atoms with E-state index in [0.29, 0.717) is 0 Å². The molecule has 1 rings (SSSR count). The van der Waals surface area contributed by atoms with Gasteiger partial charge in [-0.25, -0.2) is 14.8 Å². The average molecular weight is 172 g/mol. The summed E-state index contributed by atoms with van der Waals surface area (Å²) in [6.07, 6.45) is -0.512. The minimum atomic E-state index is -1.04. The van der Waals surface area contributed by atoms with Crippen LogP contribution in [0.2, 0.25) is 0 Å². The first-order valence-corrected chi connectivity index (χ1v) is 3.61. The summed E-state index contributed by atoms with van der Waals surface area (Å²) in [5, 5.41) is 2.37. The second-order valence-corrected chi connectivity index (χ2v) is 3.23. The van der Waals surface area contributed by atoms with E-state index in [0.717, 1.165) is 5.01 Å². The Kier molecular flexibility index (Phi) is 1.74. The topological polar surface area (TPSA) is 49.9 Å². The summed E-state index contributed by atoms with van der Waals surface area (Å²) in [6, 6.07) is 0. The molecule has 0 N–H and O–H groups in total. The lowest BCUT2D eigenvalue weighted by molar-refractivity contribution is -0.173. The molecule has 1 saturated heterocycles. The van der Waals surface area contributed by atoms with Crippen LogP contribution in [0.1, 0.15) is 13.8 Å². The molecule has 0 spiro atoms. The predicted molar refractivity (Wildman–Crippen MR) is 41.1 cm³/mol. The molecule has 0 radical (unpaired) electrons. The number of ether oxygens (including phenoxy) is 1. The molecule has 1 fully saturated rings. The molecule has 0 saturated carbocycles. The third-order valence-corrected chi connectivity index (χ3v) is 1.87. The molecular formula is C7H12N2O3. The molecule has 1 heterocycles. The van der Waals surface area contributed by atoms with Crippen molar-refractivity contribution in [3.63, 3.8) is 0 Å². The zero-order valence-corrected chi connectivity index (χ0v) is 7.62. The second-order valence-electron chi connectivity index (χ2n) is 3.23. The van der Waals surface area contributed by atoms with E-state index >= 15 is 0 Å². The van der Waals surface area contributed by atoms with Crippen molar-refractivity contribution in [2.45, 2.75) is 19.4 Å². The highest BCUT2D eigenvalue weighted by atomic mass is 16.6. The highest BCUT2D eigenvalue weighted by molar-refractivity contribution is 5.90. The van der Waals surface area contributed by atoms with Crippen molar-refractivity contribution in [1.82, 2.24) is 10.0 Å². The number of carbonyl (C=O) groups excluding carboxylic acids is 2. The van der Waals surface area contributed by atoms with Crippen molar-refractivity contribution >= 4 is 12.0 Å². The van der Waals surface area contributed by atoms with Crippen molar-refractivity contribution in [3.05, 3.63) is 0 Å². The normalized spacial score (nSPS) is 22.7. The molecule has 2 amide bonds. The first kappa shape index (κ1) is 8.83. The van der Waals surface area contributed by atoms with Crippen molar-refractivity contribution in [2.24, 2.45) is 0 Å². The number of likely N-dealkylation sites (N-methyl/N-ethyl adjacent to an activating group) is 1. The fraction of sp³-hybridized carbons (Fsp3) is 0.714. The summed E-state index contributed by atoms with van der Waals surface area (Å²) in [7, 11) is 3.01. The largest absolute Gasteiger partial charge is 0.432 e. The molecule has 5 nitrogen and oxygen atoms in total. The van der Waals surface area contributed by atoms with Gasteiger partial charge in [-0.05, 0) is 13.8 Å². The Hall–Kier alpha value is -1.26. The zero-order chi connectivity index (χ0) is 9.52. The van der Waals surface area contributed by atoms with Gasteiger partial charge in [-0.2, -0.15) is 0 Å². The first-order valence-electron chi connectivity index (χ1n) is 3.61. The SMILES string of the molecule is CN1C(=O)OC(C)(C)C(=O)N1C. The number of hydrogen-bond acceptors (Lipinski definition) is 3. The van der Waals surface area contributed by atoms with Crippen molar-refractivity contribution in [3.8, 4) is 0 Å². The van der Waals surface area contributed by atoms with Crippen LogP contribution in [0.4, 0.5) is 4.79 Å². The van der Waals surface area contributed by atoms with Crippen molar-refractivity contribution in [1.29, 1.82) is 0 Å². The molecule has 68 valence electrons. The maximum atomic E-state index is 11.4. The van der Waals surface area contributed by atoms with Crippen LogP contribution < -0.4 is 0 Å². The summed E-state index contributed by atoms with van der Waals surface area (Å²) in [5.41, 5.74) is -1.04. The van der Waals surface area contributed by atoms with Crippen LogP contribution in [0, 0.1) is 0 Å². The van der Waals surface area contributed by atoms with E-state index in [-0.39, 0.29) is 5.91 Å². The number of carbonyl (C=O) groups is 2. The Morgan fingerprint density at radius 1 is 1.17 bits per heavy atom. The lowest BCUT2D eigenvalue weighted by Crippen LogP contribution is -2.60. The number of nitrogens with zero attached hydrogens (tertiary/aromatic N) is 2. The lowest BCUT2D eigenvalue weighted by atomic mass is 10.1. The van der Waals surface area contributed by atoms with Gasteiger partial charge in [0, 0.05) is 14.1 Å². The van der Waals surface area contributed by atoms with Crippen LogP contribution in [-0.4, -0.2) is 41.7 Å². The van der Waals surface area contributed by atoms with Gasteiger partial charge in [0.15, 0.2) is 5.60 Å². The third-order valence-electron chi connectivity index (χ3n) is 1.87. The molecule has 5 heteroatoms. The molecule has 0 aromatic carbocycles. The second kappa shape index (κ2) is 2.36. The molecule has 1 aliphatic heterocycles. The van der Waals surface area contributed by atoms with Gasteiger partial charge in [0.25, 0.3) is 5.91 Å². The van der Waals surface area contributed by atoms with Gasteiger partial charge in [-0.3, -0.25) is 4.79 Å². The predicted octanol–water partition coefficient (Wildman–Crippen LogP) is 0.220. The quantitative estimate of drug-likeness (QED) is 0.525. The summed E-state index contributed by atoms with van der Waals surface area (Å²) >= 11 is 0. The standard InChI is InChI=1S/C7H12N2O3/c1-7(2)5(10)8(3)9(4)6(11)12-7/h1-4H3. The van der Waals surface area contributed by atoms with Gasteiger partial charge in [0.2, 0.25) is 0 Å². The summed E-state index contributed by atoms with van der Waals surface area (Å²) in [4.78, 5) is 22.5. The van der Waals surface area contributed by atoms with Crippen LogP contribution in [0.15, 0.2) is 0 Å². The maximum Gasteiger partial charge on any atom is 0.429 e. The van der Waals surface area contributed by atoms with Gasteiger partial charge in [-0.1, -0.05) is 0 Å². The Morgan fingerprint density at radius 3 is 2.17 bits per heavy atom. The first-order chi connectivity index (χ1) is 5.36. The number of cyclic esters (lactones) is 1. The Balaban J connectivity index is 2.93. The molecular weight excluding hydrogens is 160 g/mol. The van der Waals surface area contributed by atoms with Gasteiger partial charge >= 0.3 is 6.09 Å². The monoisotopic (exact) mass is 172 g/mol. The molecule has 0 aliphatic carbocycles. The molecule has 0 bridgehead atoms. The van der Waals surface area contributed by atoms with Crippen molar-refractivity contribution < 1.29 is 14.3 Å². The highest BCUT2D eigenvalue weighted by Crippen LogP contribution is 2.20. The summed E-state index contributed by atoms with van der Waals surface area (Å²) < 4.78 is 4.86. The third kappa shape index (κ3) is 1.11. The van der Waals surface area contributed by atoms with E-state index in [9.17, 15) is 9.59 Å². The fourth-order valence-corrected chi connectivity index (χ4v) is 0.976. The van der Waals surface area contributed by atoms with E-state index in [2.05, 4.69) is 0 Å². The van der Waals surface area contributed by atoms with Crippen LogP contribution in [-0.2, 0) is 9.53 Å². The minimum absolute atomic E-state index is 0.232. The van der Waals surface area contributed by atoms with Crippen molar-refractivity contribution in [2.75, 3.05) is 14.1 Å².